The topological polar surface area (TPSA) is 75.2 Å². The van der Waals surface area contributed by atoms with Gasteiger partial charge in [0.1, 0.15) is 6.54 Å². The Kier molecular flexibility index (Phi) is 4.03. The maximum absolute atomic E-state index is 14.2. The number of benzene rings is 1. The van der Waals surface area contributed by atoms with Crippen molar-refractivity contribution >= 4 is 33.7 Å². The highest BCUT2D eigenvalue weighted by Crippen LogP contribution is 2.64. The molecule has 1 atom stereocenters. The maximum atomic E-state index is 14.2. The van der Waals surface area contributed by atoms with E-state index in [1.807, 2.05) is 6.92 Å². The Morgan fingerprint density at radius 3 is 2.63 bits per heavy atom. The predicted octanol–water partition coefficient (Wildman–Crippen LogP) is 2.92. The summed E-state index contributed by atoms with van der Waals surface area (Å²) in [5.74, 6) is -3.78. The van der Waals surface area contributed by atoms with Gasteiger partial charge < -0.3 is 4.90 Å². The number of hydrogen-bond donors (Lipinski definition) is 1. The van der Waals surface area contributed by atoms with Gasteiger partial charge in [0.25, 0.3) is 11.8 Å². The number of rotatable bonds is 3. The van der Waals surface area contributed by atoms with E-state index in [4.69, 9.17) is 0 Å². The van der Waals surface area contributed by atoms with Gasteiger partial charge in [-0.1, -0.05) is 15.9 Å². The summed E-state index contributed by atoms with van der Waals surface area (Å²) in [6.07, 6.45) is 2.75. The van der Waals surface area contributed by atoms with Crippen LogP contribution in [-0.2, 0) is 10.2 Å². The van der Waals surface area contributed by atoms with Gasteiger partial charge in [-0.25, -0.2) is 18.7 Å². The molecule has 0 saturated heterocycles. The fourth-order valence-electron chi connectivity index (χ4n) is 3.47. The first-order valence-corrected chi connectivity index (χ1v) is 9.07. The number of nitrogens with zero attached hydrogens (tertiary/aromatic N) is 3. The number of carbonyl (C=O) groups excluding carboxylic acids is 2. The number of aryl methyl sites for hydroxylation is 1. The van der Waals surface area contributed by atoms with Crippen molar-refractivity contribution in [2.24, 2.45) is 0 Å². The third-order valence-electron chi connectivity index (χ3n) is 4.94. The lowest BCUT2D eigenvalue weighted by atomic mass is 9.86. The molecule has 6 nitrogen and oxygen atoms in total. The van der Waals surface area contributed by atoms with Gasteiger partial charge in [-0.15, -0.1) is 0 Å². The van der Waals surface area contributed by atoms with Crippen LogP contribution in [0, 0.1) is 6.92 Å². The van der Waals surface area contributed by atoms with E-state index in [0.29, 0.717) is 10.0 Å². The van der Waals surface area contributed by atoms with Gasteiger partial charge in [-0.05, 0) is 36.2 Å². The largest absolute Gasteiger partial charge is 0.328 e. The molecule has 4 rings (SSSR count). The van der Waals surface area contributed by atoms with Crippen molar-refractivity contribution < 1.29 is 18.4 Å². The Hall–Kier alpha value is -2.42. The third kappa shape index (κ3) is 2.99. The van der Waals surface area contributed by atoms with Gasteiger partial charge in [0.05, 0.1) is 5.41 Å². The van der Waals surface area contributed by atoms with Crippen LogP contribution in [0.3, 0.4) is 0 Å². The van der Waals surface area contributed by atoms with Gasteiger partial charge in [-0.2, -0.15) is 0 Å². The summed E-state index contributed by atoms with van der Waals surface area (Å²) >= 11 is 3.28. The molecule has 140 valence electrons. The van der Waals surface area contributed by atoms with Crippen molar-refractivity contribution in [2.45, 2.75) is 24.7 Å². The molecular formula is C18H15BrF2N4O2. The van der Waals surface area contributed by atoms with E-state index < -0.39 is 23.2 Å². The molecule has 1 fully saturated rings. The Bertz CT molecular complexity index is 951. The van der Waals surface area contributed by atoms with Crippen molar-refractivity contribution in [1.29, 1.82) is 0 Å². The van der Waals surface area contributed by atoms with Crippen LogP contribution in [0.4, 0.5) is 14.7 Å². The van der Waals surface area contributed by atoms with Crippen molar-refractivity contribution in [3.8, 4) is 0 Å². The lowest BCUT2D eigenvalue weighted by molar-refractivity contribution is -0.117. The van der Waals surface area contributed by atoms with E-state index in [2.05, 4.69) is 31.2 Å². The number of hydrogen-bond acceptors (Lipinski definition) is 4. The average Bonchev–Trinajstić information content (AvgIpc) is 3.16. The number of nitrogens with one attached hydrogen (secondary N) is 1. The van der Waals surface area contributed by atoms with Crippen LogP contribution in [0.5, 0.6) is 0 Å². The van der Waals surface area contributed by atoms with Crippen LogP contribution in [-0.4, -0.2) is 45.7 Å². The minimum Gasteiger partial charge on any atom is -0.328 e. The number of fused-ring (bicyclic) bond motifs is 2. The Labute approximate surface area is 162 Å². The first-order chi connectivity index (χ1) is 12.7. The Morgan fingerprint density at radius 2 is 2.00 bits per heavy atom. The normalized spacial score (nSPS) is 22.5. The molecule has 27 heavy (non-hydrogen) atoms. The predicted molar refractivity (Wildman–Crippen MR) is 96.7 cm³/mol. The number of anilines is 1. The summed E-state index contributed by atoms with van der Waals surface area (Å²) in [7, 11) is 0. The fraction of sp³-hybridized carbons (Fsp3) is 0.333. The van der Waals surface area contributed by atoms with Crippen LogP contribution in [0.25, 0.3) is 0 Å². The molecule has 9 heteroatoms. The second kappa shape index (κ2) is 6.05. The lowest BCUT2D eigenvalue weighted by Crippen LogP contribution is -2.48. The number of alkyl halides is 2. The number of halogens is 3. The standard InChI is InChI=1S/C18H15BrF2N4O2/c1-10-5-22-16(23-6-10)24-14(26)7-25-9-17(8-18(17,20)21)13-4-11(19)2-3-12(13)15(25)27/h2-6H,7-9H2,1H3,(H,22,23,24,26)/t17-/m1/s1. The zero-order valence-electron chi connectivity index (χ0n) is 14.3. The lowest BCUT2D eigenvalue weighted by Gasteiger charge is -2.34. The van der Waals surface area contributed by atoms with Crippen LogP contribution in [0.1, 0.15) is 27.9 Å². The van der Waals surface area contributed by atoms with Gasteiger partial charge >= 0.3 is 0 Å². The van der Waals surface area contributed by atoms with Crippen molar-refractivity contribution in [3.63, 3.8) is 0 Å². The zero-order valence-corrected chi connectivity index (χ0v) is 15.9. The molecule has 1 aliphatic carbocycles. The average molecular weight is 437 g/mol. The highest BCUT2D eigenvalue weighted by Gasteiger charge is 2.74. The summed E-state index contributed by atoms with van der Waals surface area (Å²) in [6.45, 7) is 1.26. The molecule has 2 aromatic rings. The molecule has 1 aromatic heterocycles. The molecule has 1 saturated carbocycles. The van der Waals surface area contributed by atoms with Crippen LogP contribution >= 0.6 is 15.9 Å². The van der Waals surface area contributed by atoms with Crippen LogP contribution in [0.2, 0.25) is 0 Å². The first-order valence-electron chi connectivity index (χ1n) is 8.27. The van der Waals surface area contributed by atoms with E-state index in [0.717, 1.165) is 5.56 Å². The number of carbonyl (C=O) groups is 2. The van der Waals surface area contributed by atoms with E-state index in [-0.39, 0.29) is 31.0 Å². The first kappa shape index (κ1) is 18.0. The molecule has 1 spiro atoms. The second-order valence-corrected chi connectivity index (χ2v) is 7.86. The molecule has 0 bridgehead atoms. The molecule has 0 unspecified atom stereocenters. The van der Waals surface area contributed by atoms with Crippen LogP contribution in [0.15, 0.2) is 35.1 Å². The van der Waals surface area contributed by atoms with Crippen molar-refractivity contribution in [3.05, 3.63) is 51.8 Å². The number of aromatic nitrogens is 2. The van der Waals surface area contributed by atoms with E-state index in [1.54, 1.807) is 24.5 Å². The smallest absolute Gasteiger partial charge is 0.260 e. The van der Waals surface area contributed by atoms with Gasteiger partial charge in [-0.3, -0.25) is 14.9 Å². The molecule has 1 N–H and O–H groups in total. The van der Waals surface area contributed by atoms with E-state index >= 15 is 0 Å². The molecule has 2 aliphatic rings. The maximum Gasteiger partial charge on any atom is 0.260 e. The minimum absolute atomic E-state index is 0.103. The third-order valence-corrected chi connectivity index (χ3v) is 5.43. The SMILES string of the molecule is Cc1cnc(NC(=O)CN2C[C@]3(CC3(F)F)c3cc(Br)ccc3C2=O)nc1. The van der Waals surface area contributed by atoms with Gasteiger partial charge in [0, 0.05) is 35.4 Å². The van der Waals surface area contributed by atoms with Gasteiger partial charge in [0.15, 0.2) is 0 Å². The highest BCUT2D eigenvalue weighted by molar-refractivity contribution is 9.10. The molecule has 0 radical (unpaired) electrons. The summed E-state index contributed by atoms with van der Waals surface area (Å²) < 4.78 is 29.1. The summed E-state index contributed by atoms with van der Waals surface area (Å²) in [5.41, 5.74) is -0.0491. The molecule has 1 aliphatic heterocycles. The monoisotopic (exact) mass is 436 g/mol. The molecule has 2 heterocycles. The highest BCUT2D eigenvalue weighted by atomic mass is 79.9. The van der Waals surface area contributed by atoms with Gasteiger partial charge in [0.2, 0.25) is 11.9 Å². The second-order valence-electron chi connectivity index (χ2n) is 6.95. The Balaban J connectivity index is 1.57. The molecular weight excluding hydrogens is 422 g/mol. The van der Waals surface area contributed by atoms with Crippen molar-refractivity contribution in [1.82, 2.24) is 14.9 Å². The number of amides is 2. The zero-order chi connectivity index (χ0) is 19.4. The minimum atomic E-state index is -2.90. The summed E-state index contributed by atoms with van der Waals surface area (Å²) in [5, 5.41) is 2.49. The molecule has 2 amide bonds. The Morgan fingerprint density at radius 1 is 1.33 bits per heavy atom. The summed E-state index contributed by atoms with van der Waals surface area (Å²) in [6, 6.07) is 4.73. The molecule has 1 aromatic carbocycles. The van der Waals surface area contributed by atoms with Crippen molar-refractivity contribution in [2.75, 3.05) is 18.4 Å². The van der Waals surface area contributed by atoms with Crippen LogP contribution < -0.4 is 5.32 Å². The summed E-state index contributed by atoms with van der Waals surface area (Å²) in [4.78, 5) is 34.1. The fourth-order valence-corrected chi connectivity index (χ4v) is 3.83. The van der Waals surface area contributed by atoms with E-state index in [1.165, 1.54) is 11.0 Å². The van der Waals surface area contributed by atoms with E-state index in [9.17, 15) is 18.4 Å². The quantitative estimate of drug-likeness (QED) is 0.802.